The second-order valence-corrected chi connectivity index (χ2v) is 8.56. The number of hydrogen-bond donors (Lipinski definition) is 1. The van der Waals surface area contributed by atoms with E-state index in [9.17, 15) is 14.7 Å². The van der Waals surface area contributed by atoms with Crippen molar-refractivity contribution in [2.45, 2.75) is 33.2 Å². The number of Topliss-reactive ketones (excluding diaryl/α,β-unsaturated/α-hetero) is 1. The maximum atomic E-state index is 13.3. The summed E-state index contributed by atoms with van der Waals surface area (Å²) >= 11 is 0. The van der Waals surface area contributed by atoms with Gasteiger partial charge >= 0.3 is 0 Å². The lowest BCUT2D eigenvalue weighted by Gasteiger charge is -2.26. The Morgan fingerprint density at radius 2 is 1.71 bits per heavy atom. The maximum absolute atomic E-state index is 13.3. The molecule has 0 aliphatic carbocycles. The fourth-order valence-electron chi connectivity index (χ4n) is 4.21. The number of nitriles is 1. The first-order valence-electron chi connectivity index (χ1n) is 11.5. The summed E-state index contributed by atoms with van der Waals surface area (Å²) in [6.45, 7) is 6.35. The summed E-state index contributed by atoms with van der Waals surface area (Å²) in [4.78, 5) is 28.0. The van der Waals surface area contributed by atoms with E-state index in [0.717, 1.165) is 17.5 Å². The largest absolute Gasteiger partial charge is 0.507 e. The second kappa shape index (κ2) is 9.86. The summed E-state index contributed by atoms with van der Waals surface area (Å²) in [5.41, 5.74) is 3.81. The highest BCUT2D eigenvalue weighted by Gasteiger charge is 2.47. The topological polar surface area (TPSA) is 90.6 Å². The van der Waals surface area contributed by atoms with Gasteiger partial charge in [-0.1, -0.05) is 36.8 Å². The molecule has 1 amide bonds. The summed E-state index contributed by atoms with van der Waals surface area (Å²) in [6, 6.07) is 20.5. The monoisotopic (exact) mass is 466 g/mol. The molecule has 1 unspecified atom stereocenters. The van der Waals surface area contributed by atoms with E-state index in [0.29, 0.717) is 34.7 Å². The first-order chi connectivity index (χ1) is 16.8. The SMILES string of the molecule is CCCOc1ccc(C2/C(=C(\O)c3cc(C)ccc3C)C(=O)C(=O)N2c2ccc(C#N)cc2)cc1. The van der Waals surface area contributed by atoms with Gasteiger partial charge in [-0.2, -0.15) is 5.26 Å². The number of hydrogen-bond acceptors (Lipinski definition) is 5. The predicted molar refractivity (Wildman–Crippen MR) is 134 cm³/mol. The molecule has 1 aliphatic rings. The second-order valence-electron chi connectivity index (χ2n) is 8.56. The van der Waals surface area contributed by atoms with Gasteiger partial charge in [0.1, 0.15) is 11.5 Å². The van der Waals surface area contributed by atoms with Crippen molar-refractivity contribution in [3.8, 4) is 11.8 Å². The third kappa shape index (κ3) is 4.53. The molecule has 0 radical (unpaired) electrons. The smallest absolute Gasteiger partial charge is 0.300 e. The highest BCUT2D eigenvalue weighted by molar-refractivity contribution is 6.51. The van der Waals surface area contributed by atoms with Crippen LogP contribution in [0.5, 0.6) is 5.75 Å². The third-order valence-corrected chi connectivity index (χ3v) is 6.04. The van der Waals surface area contributed by atoms with Crippen molar-refractivity contribution in [2.75, 3.05) is 11.5 Å². The third-order valence-electron chi connectivity index (χ3n) is 6.04. The van der Waals surface area contributed by atoms with E-state index in [2.05, 4.69) is 6.07 Å². The van der Waals surface area contributed by atoms with E-state index in [-0.39, 0.29) is 11.3 Å². The van der Waals surface area contributed by atoms with Gasteiger partial charge < -0.3 is 9.84 Å². The average Bonchev–Trinajstić information content (AvgIpc) is 3.14. The van der Waals surface area contributed by atoms with E-state index in [1.54, 1.807) is 54.6 Å². The van der Waals surface area contributed by atoms with Gasteiger partial charge in [-0.15, -0.1) is 0 Å². The van der Waals surface area contributed by atoms with E-state index >= 15 is 0 Å². The maximum Gasteiger partial charge on any atom is 0.300 e. The van der Waals surface area contributed by atoms with E-state index in [1.165, 1.54) is 4.90 Å². The molecule has 0 saturated carbocycles. The van der Waals surface area contributed by atoms with Crippen LogP contribution in [0.15, 0.2) is 72.3 Å². The molecule has 1 heterocycles. The van der Waals surface area contributed by atoms with Crippen LogP contribution in [0.4, 0.5) is 5.69 Å². The number of aliphatic hydroxyl groups is 1. The minimum atomic E-state index is -0.844. The number of carbonyl (C=O) groups is 2. The van der Waals surface area contributed by atoms with Crippen molar-refractivity contribution in [3.05, 3.63) is 100 Å². The summed E-state index contributed by atoms with van der Waals surface area (Å²) in [5.74, 6) is -1.03. The molecule has 0 spiro atoms. The molecular formula is C29H26N2O4. The van der Waals surface area contributed by atoms with Crippen molar-refractivity contribution >= 4 is 23.1 Å². The number of anilines is 1. The van der Waals surface area contributed by atoms with Gasteiger partial charge in [-0.05, 0) is 73.9 Å². The van der Waals surface area contributed by atoms with Crippen LogP contribution in [0.3, 0.4) is 0 Å². The highest BCUT2D eigenvalue weighted by atomic mass is 16.5. The van der Waals surface area contributed by atoms with Crippen molar-refractivity contribution in [1.29, 1.82) is 5.26 Å². The lowest BCUT2D eigenvalue weighted by Crippen LogP contribution is -2.29. The predicted octanol–water partition coefficient (Wildman–Crippen LogP) is 5.59. The number of rotatable bonds is 6. The molecule has 3 aromatic carbocycles. The summed E-state index contributed by atoms with van der Waals surface area (Å²) < 4.78 is 5.69. The Balaban J connectivity index is 1.90. The van der Waals surface area contributed by atoms with Crippen molar-refractivity contribution in [2.24, 2.45) is 0 Å². The number of ether oxygens (including phenoxy) is 1. The lowest BCUT2D eigenvalue weighted by atomic mass is 9.93. The Labute approximate surface area is 204 Å². The zero-order valence-corrected chi connectivity index (χ0v) is 19.9. The van der Waals surface area contributed by atoms with E-state index in [1.807, 2.05) is 32.9 Å². The van der Waals surface area contributed by atoms with Crippen LogP contribution in [-0.4, -0.2) is 23.4 Å². The zero-order chi connectivity index (χ0) is 25.1. The number of aliphatic hydroxyl groups excluding tert-OH is 1. The number of amides is 1. The molecule has 1 saturated heterocycles. The molecule has 1 atom stereocenters. The molecule has 176 valence electrons. The Hall–Kier alpha value is -4.37. The Morgan fingerprint density at radius 1 is 1.03 bits per heavy atom. The van der Waals surface area contributed by atoms with E-state index < -0.39 is 17.7 Å². The van der Waals surface area contributed by atoms with Crippen LogP contribution in [0.25, 0.3) is 5.76 Å². The summed E-state index contributed by atoms with van der Waals surface area (Å²) in [6.07, 6.45) is 0.871. The number of aryl methyl sites for hydroxylation is 2. The number of carbonyl (C=O) groups excluding carboxylic acids is 2. The lowest BCUT2D eigenvalue weighted by molar-refractivity contribution is -0.132. The molecule has 0 bridgehead atoms. The molecule has 4 rings (SSSR count). The average molecular weight is 467 g/mol. The fourth-order valence-corrected chi connectivity index (χ4v) is 4.21. The summed E-state index contributed by atoms with van der Waals surface area (Å²) in [5, 5.41) is 20.5. The number of nitrogens with zero attached hydrogens (tertiary/aromatic N) is 2. The standard InChI is InChI=1S/C29H26N2O4/c1-4-15-35-23-13-9-21(10-14-23)26-25(27(32)24-16-18(2)5-6-19(24)3)28(33)29(34)31(26)22-11-7-20(17-30)8-12-22/h5-14,16,26,32H,4,15H2,1-3H3/b27-25+. The molecule has 6 nitrogen and oxygen atoms in total. The first kappa shape index (κ1) is 23.8. The van der Waals surface area contributed by atoms with Gasteiger partial charge in [-0.25, -0.2) is 0 Å². The Morgan fingerprint density at radius 3 is 2.34 bits per heavy atom. The van der Waals surface area contributed by atoms with Crippen molar-refractivity contribution < 1.29 is 19.4 Å². The van der Waals surface area contributed by atoms with Gasteiger partial charge in [-0.3, -0.25) is 14.5 Å². The van der Waals surface area contributed by atoms with E-state index in [4.69, 9.17) is 10.00 Å². The Bertz CT molecular complexity index is 1350. The number of ketones is 1. The highest BCUT2D eigenvalue weighted by Crippen LogP contribution is 2.43. The normalized spacial score (nSPS) is 16.9. The van der Waals surface area contributed by atoms with Gasteiger partial charge in [0, 0.05) is 11.3 Å². The molecule has 1 aliphatic heterocycles. The van der Waals surface area contributed by atoms with Gasteiger partial charge in [0.2, 0.25) is 0 Å². The molecule has 3 aromatic rings. The van der Waals surface area contributed by atoms with Crippen molar-refractivity contribution in [3.63, 3.8) is 0 Å². The van der Waals surface area contributed by atoms with Crippen molar-refractivity contribution in [1.82, 2.24) is 0 Å². The Kier molecular flexibility index (Phi) is 6.70. The van der Waals surface area contributed by atoms with Gasteiger partial charge in [0.25, 0.3) is 11.7 Å². The molecule has 35 heavy (non-hydrogen) atoms. The minimum absolute atomic E-state index is 0.0234. The molecule has 0 aromatic heterocycles. The van der Waals surface area contributed by atoms with Crippen LogP contribution < -0.4 is 9.64 Å². The van der Waals surface area contributed by atoms with Gasteiger partial charge in [0.05, 0.1) is 29.9 Å². The molecule has 1 N–H and O–H groups in total. The first-order valence-corrected chi connectivity index (χ1v) is 11.5. The summed E-state index contributed by atoms with van der Waals surface area (Å²) in [7, 11) is 0. The van der Waals surface area contributed by atoms with Crippen LogP contribution >= 0.6 is 0 Å². The molecule has 1 fully saturated rings. The van der Waals surface area contributed by atoms with Gasteiger partial charge in [0.15, 0.2) is 0 Å². The molecular weight excluding hydrogens is 440 g/mol. The number of benzene rings is 3. The zero-order valence-electron chi connectivity index (χ0n) is 19.9. The van der Waals surface area contributed by atoms with Crippen LogP contribution in [0.1, 0.15) is 47.2 Å². The van der Waals surface area contributed by atoms with Crippen LogP contribution in [0.2, 0.25) is 0 Å². The minimum Gasteiger partial charge on any atom is -0.507 e. The van der Waals surface area contributed by atoms with Crippen LogP contribution in [0, 0.1) is 25.2 Å². The van der Waals surface area contributed by atoms with Crippen LogP contribution in [-0.2, 0) is 9.59 Å². The molecule has 6 heteroatoms. The quantitative estimate of drug-likeness (QED) is 0.290. The fraction of sp³-hybridized carbons (Fsp3) is 0.207.